The zero-order valence-electron chi connectivity index (χ0n) is 11.0. The van der Waals surface area contributed by atoms with Crippen molar-refractivity contribution in [2.45, 2.75) is 36.6 Å². The molecule has 1 N–H and O–H groups in total. The molecule has 1 heterocycles. The van der Waals surface area contributed by atoms with Crippen molar-refractivity contribution < 1.29 is 21.6 Å². The molecule has 0 amide bonds. The van der Waals surface area contributed by atoms with Gasteiger partial charge in [0.2, 0.25) is 0 Å². The Labute approximate surface area is 116 Å². The van der Waals surface area contributed by atoms with E-state index in [1.54, 1.807) is 0 Å². The Morgan fingerprint density at radius 3 is 2.50 bits per heavy atom. The third-order valence-electron chi connectivity index (χ3n) is 3.44. The first-order valence-corrected chi connectivity index (χ1v) is 8.29. The fraction of sp³-hybridized carbons (Fsp3) is 0.538. The van der Waals surface area contributed by atoms with Crippen LogP contribution >= 0.6 is 0 Å². The summed E-state index contributed by atoms with van der Waals surface area (Å²) in [5, 5.41) is 3.15. The Balaban J connectivity index is 2.36. The quantitative estimate of drug-likeness (QED) is 0.871. The second kappa shape index (κ2) is 5.73. The van der Waals surface area contributed by atoms with Gasteiger partial charge in [-0.1, -0.05) is 6.42 Å². The van der Waals surface area contributed by atoms with Gasteiger partial charge >= 0.3 is 0 Å². The number of nitrogens with one attached hydrogen (secondary N) is 1. The molecule has 7 heteroatoms. The van der Waals surface area contributed by atoms with Gasteiger partial charge in [-0.15, -0.1) is 0 Å². The molecule has 1 atom stereocenters. The van der Waals surface area contributed by atoms with Crippen LogP contribution < -0.4 is 5.32 Å². The number of rotatable bonds is 3. The predicted octanol–water partition coefficient (Wildman–Crippen LogP) is 2.19. The zero-order chi connectivity index (χ0) is 14.9. The summed E-state index contributed by atoms with van der Waals surface area (Å²) in [4.78, 5) is -1.20. The molecule has 0 bridgehead atoms. The number of hydrogen-bond donors (Lipinski definition) is 1. The maximum atomic E-state index is 13.9. The van der Waals surface area contributed by atoms with Crippen molar-refractivity contribution in [3.63, 3.8) is 0 Å². The van der Waals surface area contributed by atoms with E-state index in [9.17, 15) is 21.6 Å². The lowest BCUT2D eigenvalue weighted by molar-refractivity contribution is 0.387. The summed E-state index contributed by atoms with van der Waals surface area (Å²) >= 11 is 0. The summed E-state index contributed by atoms with van der Waals surface area (Å²) < 4.78 is 63.9. The van der Waals surface area contributed by atoms with Gasteiger partial charge in [-0.2, -0.15) is 0 Å². The molecule has 0 spiro atoms. The smallest absolute Gasteiger partial charge is 0.181 e. The summed E-state index contributed by atoms with van der Waals surface area (Å²) in [6.45, 7) is 0.790. The molecule has 0 saturated carbocycles. The number of sulfone groups is 1. The Morgan fingerprint density at radius 2 is 1.95 bits per heavy atom. The molecular weight excluding hydrogens is 291 g/mol. The molecule has 2 rings (SSSR count). The third-order valence-corrected chi connectivity index (χ3v) is 4.56. The van der Waals surface area contributed by atoms with Crippen LogP contribution in [0.1, 0.15) is 24.8 Å². The molecule has 112 valence electrons. The van der Waals surface area contributed by atoms with Crippen LogP contribution in [0.15, 0.2) is 11.0 Å². The van der Waals surface area contributed by atoms with Crippen LogP contribution in [-0.2, 0) is 16.3 Å². The molecule has 1 aromatic rings. The second-order valence-electron chi connectivity index (χ2n) is 5.10. The number of halogens is 3. The minimum absolute atomic E-state index is 0.0406. The summed E-state index contributed by atoms with van der Waals surface area (Å²) in [5.74, 6) is -4.14. The topological polar surface area (TPSA) is 46.2 Å². The average Bonchev–Trinajstić information content (AvgIpc) is 2.35. The lowest BCUT2D eigenvalue weighted by atomic mass is 9.97. The standard InChI is InChI=1S/C13H16F3NO2S/c1-20(18,19)13-10(14)7-8(11(15)12(13)16)6-9-4-2-3-5-17-9/h7,9,17H,2-6H2,1H3. The van der Waals surface area contributed by atoms with Crippen molar-refractivity contribution in [1.82, 2.24) is 5.32 Å². The molecule has 0 aliphatic carbocycles. The van der Waals surface area contributed by atoms with Crippen molar-refractivity contribution in [1.29, 1.82) is 0 Å². The monoisotopic (exact) mass is 307 g/mol. The van der Waals surface area contributed by atoms with Crippen LogP contribution in [0.3, 0.4) is 0 Å². The molecule has 20 heavy (non-hydrogen) atoms. The SMILES string of the molecule is CS(=O)(=O)c1c(F)cc(CC2CCCCN2)c(F)c1F. The van der Waals surface area contributed by atoms with Crippen molar-refractivity contribution >= 4 is 9.84 Å². The van der Waals surface area contributed by atoms with Gasteiger partial charge in [0.05, 0.1) is 0 Å². The van der Waals surface area contributed by atoms with Crippen molar-refractivity contribution in [3.05, 3.63) is 29.1 Å². The van der Waals surface area contributed by atoms with Crippen LogP contribution in [0.2, 0.25) is 0 Å². The molecule has 0 aromatic heterocycles. The zero-order valence-corrected chi connectivity index (χ0v) is 11.9. The molecule has 1 aromatic carbocycles. The maximum Gasteiger partial charge on any atom is 0.181 e. The number of hydrogen-bond acceptors (Lipinski definition) is 3. The summed E-state index contributed by atoms with van der Waals surface area (Å²) in [6.07, 6.45) is 3.59. The van der Waals surface area contributed by atoms with Gasteiger partial charge < -0.3 is 5.32 Å². The molecular formula is C13H16F3NO2S. The summed E-state index contributed by atoms with van der Waals surface area (Å²) in [7, 11) is -4.14. The van der Waals surface area contributed by atoms with Gasteiger partial charge in [0, 0.05) is 12.3 Å². The predicted molar refractivity (Wildman–Crippen MR) is 68.8 cm³/mol. The van der Waals surface area contributed by atoms with Crippen LogP contribution in [0.4, 0.5) is 13.2 Å². The van der Waals surface area contributed by atoms with E-state index in [-0.39, 0.29) is 18.0 Å². The Kier molecular flexibility index (Phi) is 4.39. The number of benzene rings is 1. The molecule has 0 radical (unpaired) electrons. The second-order valence-corrected chi connectivity index (χ2v) is 7.05. The maximum absolute atomic E-state index is 13.9. The van der Waals surface area contributed by atoms with Crippen molar-refractivity contribution in [2.24, 2.45) is 0 Å². The summed E-state index contributed by atoms with van der Waals surface area (Å²) in [5.41, 5.74) is -0.133. The normalized spacial score (nSPS) is 20.1. The van der Waals surface area contributed by atoms with Crippen LogP contribution in [0.25, 0.3) is 0 Å². The van der Waals surface area contributed by atoms with Gasteiger partial charge in [0.15, 0.2) is 21.5 Å². The highest BCUT2D eigenvalue weighted by Gasteiger charge is 2.26. The third kappa shape index (κ3) is 3.15. The minimum atomic E-state index is -4.14. The molecule has 1 aliphatic rings. The van der Waals surface area contributed by atoms with E-state index in [1.807, 2.05) is 0 Å². The molecule has 1 aliphatic heterocycles. The highest BCUT2D eigenvalue weighted by Crippen LogP contribution is 2.25. The minimum Gasteiger partial charge on any atom is -0.314 e. The average molecular weight is 307 g/mol. The van der Waals surface area contributed by atoms with Crippen LogP contribution in [0, 0.1) is 17.5 Å². The molecule has 1 unspecified atom stereocenters. The van der Waals surface area contributed by atoms with Crippen LogP contribution in [0.5, 0.6) is 0 Å². The lowest BCUT2D eigenvalue weighted by Crippen LogP contribution is -2.36. The van der Waals surface area contributed by atoms with E-state index < -0.39 is 32.2 Å². The van der Waals surface area contributed by atoms with Crippen molar-refractivity contribution in [3.8, 4) is 0 Å². The highest BCUT2D eigenvalue weighted by molar-refractivity contribution is 7.90. The van der Waals surface area contributed by atoms with Gasteiger partial charge in [0.1, 0.15) is 10.7 Å². The first kappa shape index (κ1) is 15.3. The fourth-order valence-electron chi connectivity index (χ4n) is 2.48. The highest BCUT2D eigenvalue weighted by atomic mass is 32.2. The first-order valence-electron chi connectivity index (χ1n) is 6.40. The Bertz CT molecular complexity index is 611. The molecule has 3 nitrogen and oxygen atoms in total. The van der Waals surface area contributed by atoms with E-state index in [1.165, 1.54) is 0 Å². The Hall–Kier alpha value is -1.08. The van der Waals surface area contributed by atoms with Gasteiger partial charge in [-0.3, -0.25) is 0 Å². The van der Waals surface area contributed by atoms with Gasteiger partial charge in [-0.05, 0) is 37.4 Å². The van der Waals surface area contributed by atoms with Gasteiger partial charge in [0.25, 0.3) is 0 Å². The largest absolute Gasteiger partial charge is 0.314 e. The van der Waals surface area contributed by atoms with E-state index in [2.05, 4.69) is 5.32 Å². The molecule has 1 fully saturated rings. The van der Waals surface area contributed by atoms with Crippen molar-refractivity contribution in [2.75, 3.05) is 12.8 Å². The van der Waals surface area contributed by atoms with E-state index in [0.29, 0.717) is 6.26 Å². The summed E-state index contributed by atoms with van der Waals surface area (Å²) in [6, 6.07) is 0.742. The van der Waals surface area contributed by atoms with Crippen LogP contribution in [-0.4, -0.2) is 27.3 Å². The molecule has 1 saturated heterocycles. The fourth-order valence-corrected chi connectivity index (χ4v) is 3.31. The van der Waals surface area contributed by atoms with E-state index in [4.69, 9.17) is 0 Å². The van der Waals surface area contributed by atoms with E-state index in [0.717, 1.165) is 31.9 Å². The Morgan fingerprint density at radius 1 is 1.25 bits per heavy atom. The van der Waals surface area contributed by atoms with E-state index >= 15 is 0 Å². The van der Waals surface area contributed by atoms with Gasteiger partial charge in [-0.25, -0.2) is 21.6 Å². The number of piperidine rings is 1. The lowest BCUT2D eigenvalue weighted by Gasteiger charge is -2.23. The first-order chi connectivity index (χ1) is 9.30.